The van der Waals surface area contributed by atoms with Crippen LogP contribution in [0.15, 0.2) is 36.4 Å². The number of nitrogens with zero attached hydrogens (tertiary/aromatic N) is 1. The number of ether oxygens (including phenoxy) is 1. The molecule has 1 aliphatic heterocycles. The summed E-state index contributed by atoms with van der Waals surface area (Å²) in [7, 11) is 0. The number of amides is 1. The molecule has 2 aromatic carbocycles. The third-order valence-corrected chi connectivity index (χ3v) is 4.75. The van der Waals surface area contributed by atoms with E-state index in [0.29, 0.717) is 17.8 Å². The summed E-state index contributed by atoms with van der Waals surface area (Å²) in [6.45, 7) is 1.46. The number of halogens is 3. The van der Waals surface area contributed by atoms with Gasteiger partial charge in [-0.25, -0.2) is 13.6 Å². The maximum absolute atomic E-state index is 13.2. The van der Waals surface area contributed by atoms with Gasteiger partial charge in [0.1, 0.15) is 0 Å². The third-order valence-electron chi connectivity index (χ3n) is 4.44. The van der Waals surface area contributed by atoms with Crippen LogP contribution >= 0.6 is 11.6 Å². The lowest BCUT2D eigenvalue weighted by atomic mass is 10.1. The van der Waals surface area contributed by atoms with E-state index in [1.54, 1.807) is 12.1 Å². The lowest BCUT2D eigenvalue weighted by molar-refractivity contribution is -0.119. The highest BCUT2D eigenvalue weighted by atomic mass is 35.5. The first-order valence-electron chi connectivity index (χ1n) is 8.90. The van der Waals surface area contributed by atoms with Gasteiger partial charge in [-0.3, -0.25) is 4.79 Å². The fourth-order valence-electron chi connectivity index (χ4n) is 2.99. The second kappa shape index (κ2) is 9.01. The molecule has 0 aromatic heterocycles. The van der Waals surface area contributed by atoms with Gasteiger partial charge < -0.3 is 15.0 Å². The van der Waals surface area contributed by atoms with E-state index in [-0.39, 0.29) is 10.6 Å². The number of hydrogen-bond donors (Lipinski definition) is 1. The molecule has 1 amide bonds. The van der Waals surface area contributed by atoms with Gasteiger partial charge in [-0.2, -0.15) is 0 Å². The van der Waals surface area contributed by atoms with Gasteiger partial charge in [0.2, 0.25) is 0 Å². The summed E-state index contributed by atoms with van der Waals surface area (Å²) >= 11 is 5.71. The summed E-state index contributed by atoms with van der Waals surface area (Å²) in [4.78, 5) is 26.2. The molecule has 148 valence electrons. The number of carbonyl (C=O) groups is 2. The van der Waals surface area contributed by atoms with Crippen molar-refractivity contribution < 1.29 is 23.1 Å². The highest BCUT2D eigenvalue weighted by Gasteiger charge is 2.17. The highest BCUT2D eigenvalue weighted by Crippen LogP contribution is 2.22. The molecule has 0 bridgehead atoms. The SMILES string of the molecule is O=C(COC(=O)c1cc(F)c(F)cc1Cl)Nc1ccc(N2CCCCC2)cc1. The van der Waals surface area contributed by atoms with E-state index in [1.165, 1.54) is 19.3 Å². The van der Waals surface area contributed by atoms with E-state index < -0.39 is 30.1 Å². The summed E-state index contributed by atoms with van der Waals surface area (Å²) < 4.78 is 31.1. The van der Waals surface area contributed by atoms with Crippen LogP contribution < -0.4 is 10.2 Å². The molecule has 0 aliphatic carbocycles. The fourth-order valence-corrected chi connectivity index (χ4v) is 3.22. The maximum atomic E-state index is 13.2. The Morgan fingerprint density at radius 2 is 1.68 bits per heavy atom. The number of anilines is 2. The van der Waals surface area contributed by atoms with Crippen LogP contribution in [0.25, 0.3) is 0 Å². The number of piperidine rings is 1. The number of hydrogen-bond acceptors (Lipinski definition) is 4. The van der Waals surface area contributed by atoms with Gasteiger partial charge in [-0.1, -0.05) is 11.6 Å². The lowest BCUT2D eigenvalue weighted by Gasteiger charge is -2.28. The zero-order valence-corrected chi connectivity index (χ0v) is 15.8. The molecule has 5 nitrogen and oxygen atoms in total. The van der Waals surface area contributed by atoms with Crippen LogP contribution in [0.5, 0.6) is 0 Å². The summed E-state index contributed by atoms with van der Waals surface area (Å²) in [5.74, 6) is -3.97. The van der Waals surface area contributed by atoms with E-state index in [9.17, 15) is 18.4 Å². The van der Waals surface area contributed by atoms with E-state index in [0.717, 1.165) is 18.8 Å². The molecule has 28 heavy (non-hydrogen) atoms. The molecule has 0 radical (unpaired) electrons. The smallest absolute Gasteiger partial charge is 0.340 e. The van der Waals surface area contributed by atoms with Crippen molar-refractivity contribution >= 4 is 34.9 Å². The summed E-state index contributed by atoms with van der Waals surface area (Å²) in [6.07, 6.45) is 3.59. The Labute approximate surface area is 166 Å². The summed E-state index contributed by atoms with van der Waals surface area (Å²) in [6, 6.07) is 8.71. The molecule has 0 unspecified atom stereocenters. The van der Waals surface area contributed by atoms with E-state index in [4.69, 9.17) is 16.3 Å². The Hall–Kier alpha value is -2.67. The quantitative estimate of drug-likeness (QED) is 0.588. The van der Waals surface area contributed by atoms with Crippen molar-refractivity contribution in [1.82, 2.24) is 0 Å². The highest BCUT2D eigenvalue weighted by molar-refractivity contribution is 6.33. The summed E-state index contributed by atoms with van der Waals surface area (Å²) in [5.41, 5.74) is 1.31. The Kier molecular flexibility index (Phi) is 6.46. The Bertz CT molecular complexity index is 868. The van der Waals surface area contributed by atoms with Crippen LogP contribution in [-0.2, 0) is 9.53 Å². The molecule has 1 aliphatic rings. The molecular formula is C20H19ClF2N2O3. The number of rotatable bonds is 5. The molecule has 2 aromatic rings. The zero-order valence-electron chi connectivity index (χ0n) is 15.0. The first kappa shape index (κ1) is 20.1. The third kappa shape index (κ3) is 4.98. The zero-order chi connectivity index (χ0) is 20.1. The fraction of sp³-hybridized carbons (Fsp3) is 0.300. The molecular weight excluding hydrogens is 390 g/mol. The van der Waals surface area contributed by atoms with Crippen LogP contribution in [0.3, 0.4) is 0 Å². The molecule has 0 atom stereocenters. The average molecular weight is 409 g/mol. The number of carbonyl (C=O) groups excluding carboxylic acids is 2. The van der Waals surface area contributed by atoms with Crippen LogP contribution in [0.1, 0.15) is 29.6 Å². The minimum atomic E-state index is -1.23. The largest absolute Gasteiger partial charge is 0.452 e. The van der Waals surface area contributed by atoms with Gasteiger partial charge in [0, 0.05) is 24.5 Å². The van der Waals surface area contributed by atoms with Crippen LogP contribution in [0, 0.1) is 11.6 Å². The Morgan fingerprint density at radius 1 is 1.04 bits per heavy atom. The maximum Gasteiger partial charge on any atom is 0.340 e. The van der Waals surface area contributed by atoms with Gasteiger partial charge in [0.15, 0.2) is 18.2 Å². The number of benzene rings is 2. The van der Waals surface area contributed by atoms with Crippen molar-refractivity contribution in [3.63, 3.8) is 0 Å². The van der Waals surface area contributed by atoms with E-state index >= 15 is 0 Å². The molecule has 1 N–H and O–H groups in total. The van der Waals surface area contributed by atoms with Crippen LogP contribution in [0.2, 0.25) is 5.02 Å². The standard InChI is InChI=1S/C20H19ClF2N2O3/c21-16-11-18(23)17(22)10-15(16)20(27)28-12-19(26)24-13-4-6-14(7-5-13)25-8-2-1-3-9-25/h4-7,10-11H,1-3,8-9,12H2,(H,24,26). The predicted octanol–water partition coefficient (Wildman–Crippen LogP) is 4.40. The topological polar surface area (TPSA) is 58.6 Å². The average Bonchev–Trinajstić information content (AvgIpc) is 2.70. The van der Waals surface area contributed by atoms with Crippen molar-refractivity contribution in [2.24, 2.45) is 0 Å². The predicted molar refractivity (Wildman–Crippen MR) is 103 cm³/mol. The van der Waals surface area contributed by atoms with Crippen LogP contribution in [0.4, 0.5) is 20.2 Å². The van der Waals surface area contributed by atoms with Crippen molar-refractivity contribution in [2.45, 2.75) is 19.3 Å². The molecule has 0 saturated carbocycles. The van der Waals surface area contributed by atoms with Gasteiger partial charge in [0.25, 0.3) is 5.91 Å². The molecule has 8 heteroatoms. The first-order chi connectivity index (χ1) is 13.4. The van der Waals surface area contributed by atoms with Gasteiger partial charge in [-0.05, 0) is 55.7 Å². The second-order valence-corrected chi connectivity index (χ2v) is 6.87. The lowest BCUT2D eigenvalue weighted by Crippen LogP contribution is -2.29. The van der Waals surface area contributed by atoms with Gasteiger partial charge in [-0.15, -0.1) is 0 Å². The molecule has 1 heterocycles. The number of esters is 1. The van der Waals surface area contributed by atoms with Crippen molar-refractivity contribution in [3.05, 3.63) is 58.6 Å². The first-order valence-corrected chi connectivity index (χ1v) is 9.28. The molecule has 1 saturated heterocycles. The molecule has 3 rings (SSSR count). The van der Waals surface area contributed by atoms with Crippen molar-refractivity contribution in [2.75, 3.05) is 29.9 Å². The Balaban J connectivity index is 1.53. The number of nitrogens with one attached hydrogen (secondary N) is 1. The summed E-state index contributed by atoms with van der Waals surface area (Å²) in [5, 5.41) is 2.32. The van der Waals surface area contributed by atoms with E-state index in [1.807, 2.05) is 12.1 Å². The van der Waals surface area contributed by atoms with Crippen molar-refractivity contribution in [1.29, 1.82) is 0 Å². The Morgan fingerprint density at radius 3 is 2.36 bits per heavy atom. The van der Waals surface area contributed by atoms with Gasteiger partial charge >= 0.3 is 5.97 Å². The van der Waals surface area contributed by atoms with Gasteiger partial charge in [0.05, 0.1) is 10.6 Å². The minimum Gasteiger partial charge on any atom is -0.452 e. The van der Waals surface area contributed by atoms with E-state index in [2.05, 4.69) is 10.2 Å². The minimum absolute atomic E-state index is 0.294. The van der Waals surface area contributed by atoms with Crippen molar-refractivity contribution in [3.8, 4) is 0 Å². The molecule has 0 spiro atoms. The van der Waals surface area contributed by atoms with Crippen LogP contribution in [-0.4, -0.2) is 31.6 Å². The monoisotopic (exact) mass is 408 g/mol. The normalized spacial score (nSPS) is 13.9. The second-order valence-electron chi connectivity index (χ2n) is 6.47. The molecule has 1 fully saturated rings.